The minimum atomic E-state index is -0.180. The number of carbonyl (C=O) groups excluding carboxylic acids is 1. The molecule has 2 nitrogen and oxygen atoms in total. The maximum atomic E-state index is 10.7. The van der Waals surface area contributed by atoms with Gasteiger partial charge in [0.05, 0.1) is 6.61 Å². The molecule has 0 amide bonds. The summed E-state index contributed by atoms with van der Waals surface area (Å²) in [6.45, 7) is 8.78. The summed E-state index contributed by atoms with van der Waals surface area (Å²) in [6, 6.07) is 0. The van der Waals surface area contributed by atoms with Crippen molar-refractivity contribution in [3.8, 4) is 0 Å². The minimum Gasteiger partial charge on any atom is -0.466 e. The van der Waals surface area contributed by atoms with Crippen molar-refractivity contribution in [2.75, 3.05) is 6.61 Å². The Hall–Kier alpha value is -0.790. The monoisotopic (exact) mass is 210 g/mol. The van der Waals surface area contributed by atoms with Crippen LogP contribution < -0.4 is 0 Å². The lowest BCUT2D eigenvalue weighted by molar-refractivity contribution is -0.141. The molecular formula is C13H22O2. The molecule has 0 bridgehead atoms. The Labute approximate surface area is 92.7 Å². The van der Waals surface area contributed by atoms with Gasteiger partial charge in [-0.05, 0) is 30.1 Å². The summed E-state index contributed by atoms with van der Waals surface area (Å²) in [5.74, 6) is 1.16. The third kappa shape index (κ3) is 2.83. The molecule has 0 saturated heterocycles. The Kier molecular flexibility index (Phi) is 3.95. The summed E-state index contributed by atoms with van der Waals surface area (Å²) in [4.78, 5) is 10.7. The second kappa shape index (κ2) is 4.82. The maximum Gasteiger partial charge on any atom is 0.302 e. The smallest absolute Gasteiger partial charge is 0.302 e. The first-order chi connectivity index (χ1) is 6.99. The van der Waals surface area contributed by atoms with Gasteiger partial charge in [-0.2, -0.15) is 0 Å². The molecule has 1 aliphatic carbocycles. The van der Waals surface area contributed by atoms with Crippen LogP contribution in [0.1, 0.15) is 40.5 Å². The highest BCUT2D eigenvalue weighted by Crippen LogP contribution is 2.44. The highest BCUT2D eigenvalue weighted by atomic mass is 16.5. The van der Waals surface area contributed by atoms with Crippen LogP contribution in [0.5, 0.6) is 0 Å². The van der Waals surface area contributed by atoms with E-state index in [1.807, 2.05) is 0 Å². The van der Waals surface area contributed by atoms with Gasteiger partial charge in [-0.15, -0.1) is 0 Å². The largest absolute Gasteiger partial charge is 0.466 e. The fourth-order valence-electron chi connectivity index (χ4n) is 2.37. The van der Waals surface area contributed by atoms with Crippen LogP contribution in [-0.4, -0.2) is 12.6 Å². The summed E-state index contributed by atoms with van der Waals surface area (Å²) in [5.41, 5.74) is 0.204. The molecule has 0 radical (unpaired) electrons. The number of esters is 1. The zero-order valence-corrected chi connectivity index (χ0v) is 10.2. The van der Waals surface area contributed by atoms with E-state index in [0.717, 1.165) is 6.42 Å². The molecule has 0 aromatic heterocycles. The molecule has 3 unspecified atom stereocenters. The van der Waals surface area contributed by atoms with Crippen molar-refractivity contribution in [1.29, 1.82) is 0 Å². The summed E-state index contributed by atoms with van der Waals surface area (Å²) < 4.78 is 5.01. The Morgan fingerprint density at radius 2 is 2.20 bits per heavy atom. The van der Waals surface area contributed by atoms with Gasteiger partial charge in [-0.25, -0.2) is 0 Å². The average molecular weight is 210 g/mol. The van der Waals surface area contributed by atoms with Gasteiger partial charge >= 0.3 is 5.97 Å². The van der Waals surface area contributed by atoms with E-state index in [0.29, 0.717) is 18.4 Å². The Balaban J connectivity index is 2.46. The van der Waals surface area contributed by atoms with Crippen molar-refractivity contribution >= 4 is 5.97 Å². The molecule has 1 aliphatic rings. The maximum absolute atomic E-state index is 10.7. The van der Waals surface area contributed by atoms with E-state index in [9.17, 15) is 4.79 Å². The zero-order valence-electron chi connectivity index (χ0n) is 10.2. The molecule has 1 rings (SSSR count). The lowest BCUT2D eigenvalue weighted by Gasteiger charge is -2.31. The summed E-state index contributed by atoms with van der Waals surface area (Å²) in [5, 5.41) is 0. The molecule has 0 heterocycles. The van der Waals surface area contributed by atoms with Crippen LogP contribution in [0.15, 0.2) is 12.2 Å². The van der Waals surface area contributed by atoms with Crippen molar-refractivity contribution in [3.63, 3.8) is 0 Å². The van der Waals surface area contributed by atoms with Crippen LogP contribution >= 0.6 is 0 Å². The Morgan fingerprint density at radius 1 is 1.53 bits per heavy atom. The second-order valence-corrected chi connectivity index (χ2v) is 4.82. The second-order valence-electron chi connectivity index (χ2n) is 4.82. The summed E-state index contributed by atoms with van der Waals surface area (Å²) in [7, 11) is 0. The fourth-order valence-corrected chi connectivity index (χ4v) is 2.37. The predicted octanol–water partition coefficient (Wildman–Crippen LogP) is 3.18. The van der Waals surface area contributed by atoms with Crippen molar-refractivity contribution < 1.29 is 9.53 Å². The molecule has 2 heteroatoms. The van der Waals surface area contributed by atoms with Gasteiger partial charge in [-0.1, -0.05) is 32.9 Å². The lowest BCUT2D eigenvalue weighted by Crippen LogP contribution is -2.25. The highest BCUT2D eigenvalue weighted by molar-refractivity contribution is 5.65. The van der Waals surface area contributed by atoms with E-state index < -0.39 is 0 Å². The summed E-state index contributed by atoms with van der Waals surface area (Å²) in [6.07, 6.45) is 6.75. The van der Waals surface area contributed by atoms with Gasteiger partial charge in [0.1, 0.15) is 0 Å². The van der Waals surface area contributed by atoms with Gasteiger partial charge in [-0.3, -0.25) is 4.79 Å². The number of carbonyl (C=O) groups is 1. The van der Waals surface area contributed by atoms with Crippen LogP contribution in [0, 0.1) is 17.3 Å². The molecular weight excluding hydrogens is 188 g/mol. The SMILES string of the molecule is CCC1C=CC(C)(CCOC(C)=O)C1C. The fraction of sp³-hybridized carbons (Fsp3) is 0.769. The third-order valence-corrected chi connectivity index (χ3v) is 3.82. The lowest BCUT2D eigenvalue weighted by atomic mass is 9.75. The molecule has 15 heavy (non-hydrogen) atoms. The van der Waals surface area contributed by atoms with E-state index in [1.165, 1.54) is 13.3 Å². The number of allylic oxidation sites excluding steroid dienone is 2. The third-order valence-electron chi connectivity index (χ3n) is 3.82. The highest BCUT2D eigenvalue weighted by Gasteiger charge is 2.36. The Bertz CT molecular complexity index is 257. The zero-order chi connectivity index (χ0) is 11.5. The molecule has 0 fully saturated rings. The van der Waals surface area contributed by atoms with Crippen LogP contribution in [0.25, 0.3) is 0 Å². The standard InChI is InChI=1S/C13H22O2/c1-5-12-6-7-13(4,10(12)2)8-9-15-11(3)14/h6-7,10,12H,5,8-9H2,1-4H3. The number of ether oxygens (including phenoxy) is 1. The van der Waals surface area contributed by atoms with Crippen molar-refractivity contribution in [2.24, 2.45) is 17.3 Å². The van der Waals surface area contributed by atoms with Gasteiger partial charge in [0.15, 0.2) is 0 Å². The molecule has 0 aromatic rings. The quantitative estimate of drug-likeness (QED) is 0.526. The first kappa shape index (κ1) is 12.3. The predicted molar refractivity (Wildman–Crippen MR) is 61.4 cm³/mol. The molecule has 0 spiro atoms. The molecule has 0 N–H and O–H groups in total. The normalized spacial score (nSPS) is 34.4. The van der Waals surface area contributed by atoms with Crippen molar-refractivity contribution in [3.05, 3.63) is 12.2 Å². The number of hydrogen-bond acceptors (Lipinski definition) is 2. The first-order valence-corrected chi connectivity index (χ1v) is 5.82. The van der Waals surface area contributed by atoms with Crippen molar-refractivity contribution in [2.45, 2.75) is 40.5 Å². The van der Waals surface area contributed by atoms with E-state index in [2.05, 4.69) is 32.9 Å². The molecule has 3 atom stereocenters. The van der Waals surface area contributed by atoms with Gasteiger partial charge in [0.25, 0.3) is 0 Å². The van der Waals surface area contributed by atoms with Crippen LogP contribution in [0.3, 0.4) is 0 Å². The molecule has 0 aliphatic heterocycles. The molecule has 86 valence electrons. The average Bonchev–Trinajstić information content (AvgIpc) is 2.43. The number of rotatable bonds is 4. The Morgan fingerprint density at radius 3 is 2.67 bits per heavy atom. The van der Waals surface area contributed by atoms with E-state index in [1.54, 1.807) is 0 Å². The van der Waals surface area contributed by atoms with E-state index >= 15 is 0 Å². The van der Waals surface area contributed by atoms with Crippen LogP contribution in [0.2, 0.25) is 0 Å². The van der Waals surface area contributed by atoms with Crippen molar-refractivity contribution in [1.82, 2.24) is 0 Å². The van der Waals surface area contributed by atoms with Gasteiger partial charge in [0.2, 0.25) is 0 Å². The number of hydrogen-bond donors (Lipinski definition) is 0. The summed E-state index contributed by atoms with van der Waals surface area (Å²) >= 11 is 0. The van der Waals surface area contributed by atoms with E-state index in [-0.39, 0.29) is 11.4 Å². The van der Waals surface area contributed by atoms with Crippen LogP contribution in [-0.2, 0) is 9.53 Å². The molecule has 0 saturated carbocycles. The first-order valence-electron chi connectivity index (χ1n) is 5.82. The van der Waals surface area contributed by atoms with Gasteiger partial charge in [0, 0.05) is 6.92 Å². The molecule has 0 aromatic carbocycles. The minimum absolute atomic E-state index is 0.180. The van der Waals surface area contributed by atoms with Gasteiger partial charge < -0.3 is 4.74 Å². The van der Waals surface area contributed by atoms with Crippen LogP contribution in [0.4, 0.5) is 0 Å². The van der Waals surface area contributed by atoms with E-state index in [4.69, 9.17) is 4.74 Å². The topological polar surface area (TPSA) is 26.3 Å².